The van der Waals surface area contributed by atoms with Crippen molar-refractivity contribution < 1.29 is 0 Å². The van der Waals surface area contributed by atoms with Crippen molar-refractivity contribution in [3.05, 3.63) is 16.9 Å². The van der Waals surface area contributed by atoms with Gasteiger partial charge in [-0.2, -0.15) is 5.10 Å². The van der Waals surface area contributed by atoms with Crippen molar-refractivity contribution in [1.29, 1.82) is 0 Å². The number of nitrogens with one attached hydrogen (secondary N) is 1. The lowest BCUT2D eigenvalue weighted by atomic mass is 9.93. The molecule has 1 aromatic heterocycles. The van der Waals surface area contributed by atoms with Crippen LogP contribution in [-0.4, -0.2) is 41.4 Å². The second kappa shape index (κ2) is 6.55. The number of nitrogens with zero attached hydrogens (tertiary/aromatic N) is 3. The molecule has 0 unspecified atom stereocenters. The van der Waals surface area contributed by atoms with Crippen molar-refractivity contribution in [2.45, 2.75) is 25.8 Å². The summed E-state index contributed by atoms with van der Waals surface area (Å²) in [7, 11) is 3.99. The van der Waals surface area contributed by atoms with Crippen molar-refractivity contribution in [3.63, 3.8) is 0 Å². The first-order valence-corrected chi connectivity index (χ1v) is 7.12. The molecule has 0 bridgehead atoms. The van der Waals surface area contributed by atoms with Gasteiger partial charge < -0.3 is 5.32 Å². The van der Waals surface area contributed by atoms with Gasteiger partial charge in [-0.1, -0.05) is 11.6 Å². The Morgan fingerprint density at radius 2 is 2.17 bits per heavy atom. The van der Waals surface area contributed by atoms with Gasteiger partial charge in [0.2, 0.25) is 0 Å². The summed E-state index contributed by atoms with van der Waals surface area (Å²) < 4.78 is 1.88. The van der Waals surface area contributed by atoms with Gasteiger partial charge in [-0.25, -0.2) is 0 Å². The minimum Gasteiger partial charge on any atom is -0.320 e. The lowest BCUT2D eigenvalue weighted by Gasteiger charge is -2.31. The van der Waals surface area contributed by atoms with Gasteiger partial charge in [0.15, 0.2) is 0 Å². The summed E-state index contributed by atoms with van der Waals surface area (Å²) >= 11 is 6.14. The third-order valence-corrected chi connectivity index (χ3v) is 4.21. The molecule has 1 N–H and O–H groups in total. The Kier molecular flexibility index (Phi) is 5.03. The van der Waals surface area contributed by atoms with Crippen molar-refractivity contribution in [2.24, 2.45) is 13.0 Å². The van der Waals surface area contributed by atoms with Gasteiger partial charge >= 0.3 is 0 Å². The van der Waals surface area contributed by atoms with Gasteiger partial charge in [-0.15, -0.1) is 0 Å². The third-order valence-electron chi connectivity index (χ3n) is 3.89. The Bertz CT molecular complexity index is 350. The molecule has 0 saturated carbocycles. The van der Waals surface area contributed by atoms with E-state index >= 15 is 0 Å². The summed E-state index contributed by atoms with van der Waals surface area (Å²) in [4.78, 5) is 2.48. The molecule has 0 atom stereocenters. The summed E-state index contributed by atoms with van der Waals surface area (Å²) in [5.74, 6) is 0.885. The summed E-state index contributed by atoms with van der Waals surface area (Å²) in [6.07, 6.45) is 5.64. The zero-order valence-electron chi connectivity index (χ0n) is 11.3. The molecule has 2 heterocycles. The molecule has 1 aromatic rings. The van der Waals surface area contributed by atoms with Gasteiger partial charge in [-0.3, -0.25) is 9.58 Å². The van der Waals surface area contributed by atoms with E-state index in [1.165, 1.54) is 32.4 Å². The Balaban J connectivity index is 1.80. The molecule has 0 aromatic carbocycles. The largest absolute Gasteiger partial charge is 0.320 e. The normalized spacial score (nSPS) is 18.4. The van der Waals surface area contributed by atoms with E-state index in [9.17, 15) is 0 Å². The zero-order valence-corrected chi connectivity index (χ0v) is 12.1. The SMILES string of the molecule is CNCCC1CCN(Cc2c(Cl)cnn2C)CC1. The van der Waals surface area contributed by atoms with E-state index in [0.29, 0.717) is 0 Å². The number of rotatable bonds is 5. The number of aryl methyl sites for hydroxylation is 1. The molecule has 2 rings (SSSR count). The number of halogens is 1. The van der Waals surface area contributed by atoms with Crippen molar-refractivity contribution in [2.75, 3.05) is 26.7 Å². The van der Waals surface area contributed by atoms with Crippen LogP contribution in [0.1, 0.15) is 25.0 Å². The van der Waals surface area contributed by atoms with Crippen LogP contribution in [0, 0.1) is 5.92 Å². The van der Waals surface area contributed by atoms with Gasteiger partial charge in [-0.05, 0) is 51.9 Å². The molecule has 5 heteroatoms. The summed E-state index contributed by atoms with van der Waals surface area (Å²) in [6.45, 7) is 4.41. The fourth-order valence-corrected chi connectivity index (χ4v) is 2.83. The quantitative estimate of drug-likeness (QED) is 0.887. The number of hydrogen-bond donors (Lipinski definition) is 1. The van der Waals surface area contributed by atoms with E-state index < -0.39 is 0 Å². The third kappa shape index (κ3) is 3.46. The molecular formula is C13H23ClN4. The fourth-order valence-electron chi connectivity index (χ4n) is 2.61. The maximum atomic E-state index is 6.14. The van der Waals surface area contributed by atoms with Crippen LogP contribution < -0.4 is 5.32 Å². The lowest BCUT2D eigenvalue weighted by molar-refractivity contribution is 0.169. The zero-order chi connectivity index (χ0) is 13.0. The highest BCUT2D eigenvalue weighted by Crippen LogP contribution is 2.23. The fraction of sp³-hybridized carbons (Fsp3) is 0.769. The number of hydrogen-bond acceptors (Lipinski definition) is 3. The molecule has 1 fully saturated rings. The molecule has 4 nitrogen and oxygen atoms in total. The second-order valence-electron chi connectivity index (χ2n) is 5.17. The van der Waals surface area contributed by atoms with E-state index in [-0.39, 0.29) is 0 Å². The number of likely N-dealkylation sites (tertiary alicyclic amines) is 1. The van der Waals surface area contributed by atoms with Crippen LogP contribution in [0.15, 0.2) is 6.20 Å². The molecule has 1 saturated heterocycles. The van der Waals surface area contributed by atoms with E-state index in [0.717, 1.165) is 29.7 Å². The molecule has 0 spiro atoms. The maximum Gasteiger partial charge on any atom is 0.0831 e. The van der Waals surface area contributed by atoms with Crippen LogP contribution in [0.2, 0.25) is 5.02 Å². The van der Waals surface area contributed by atoms with Gasteiger partial charge in [0.05, 0.1) is 16.9 Å². The van der Waals surface area contributed by atoms with E-state index in [1.807, 2.05) is 18.8 Å². The van der Waals surface area contributed by atoms with Crippen molar-refractivity contribution in [3.8, 4) is 0 Å². The van der Waals surface area contributed by atoms with E-state index in [4.69, 9.17) is 11.6 Å². The Hall–Kier alpha value is -0.580. The molecule has 0 aliphatic carbocycles. The minimum absolute atomic E-state index is 0.787. The van der Waals surface area contributed by atoms with E-state index in [2.05, 4.69) is 15.3 Å². The topological polar surface area (TPSA) is 33.1 Å². The van der Waals surface area contributed by atoms with Crippen LogP contribution in [-0.2, 0) is 13.6 Å². The van der Waals surface area contributed by atoms with E-state index in [1.54, 1.807) is 6.20 Å². The lowest BCUT2D eigenvalue weighted by Crippen LogP contribution is -2.34. The molecule has 1 aliphatic rings. The van der Waals surface area contributed by atoms with Crippen molar-refractivity contribution >= 4 is 11.6 Å². The first kappa shape index (κ1) is 13.8. The molecule has 0 radical (unpaired) electrons. The van der Waals surface area contributed by atoms with Gasteiger partial charge in [0.1, 0.15) is 0 Å². The van der Waals surface area contributed by atoms with Gasteiger partial charge in [0.25, 0.3) is 0 Å². The van der Waals surface area contributed by atoms with Gasteiger partial charge in [0, 0.05) is 13.6 Å². The van der Waals surface area contributed by atoms with Crippen molar-refractivity contribution in [1.82, 2.24) is 20.0 Å². The minimum atomic E-state index is 0.787. The van der Waals surface area contributed by atoms with Crippen LogP contribution in [0.4, 0.5) is 0 Å². The monoisotopic (exact) mass is 270 g/mol. The van der Waals surface area contributed by atoms with Crippen LogP contribution in [0.25, 0.3) is 0 Å². The molecule has 0 amide bonds. The average Bonchev–Trinajstić information content (AvgIpc) is 2.70. The Morgan fingerprint density at radius 3 is 2.72 bits per heavy atom. The standard InChI is InChI=1S/C13H23ClN4/c1-15-6-3-11-4-7-18(8-5-11)10-13-12(14)9-16-17(13)2/h9,11,15H,3-8,10H2,1-2H3. The highest BCUT2D eigenvalue weighted by atomic mass is 35.5. The Morgan fingerprint density at radius 1 is 1.44 bits per heavy atom. The maximum absolute atomic E-state index is 6.14. The number of aromatic nitrogens is 2. The first-order valence-electron chi connectivity index (χ1n) is 6.74. The average molecular weight is 271 g/mol. The summed E-state index contributed by atoms with van der Waals surface area (Å²) in [6, 6.07) is 0. The Labute approximate surface area is 114 Å². The van der Waals surface area contributed by atoms with Crippen LogP contribution in [0.3, 0.4) is 0 Å². The predicted octanol–water partition coefficient (Wildman–Crippen LogP) is 1.90. The van der Waals surface area contributed by atoms with Crippen LogP contribution >= 0.6 is 11.6 Å². The number of piperidine rings is 1. The van der Waals surface area contributed by atoms with Crippen LogP contribution in [0.5, 0.6) is 0 Å². The molecular weight excluding hydrogens is 248 g/mol. The highest BCUT2D eigenvalue weighted by molar-refractivity contribution is 6.31. The summed E-state index contributed by atoms with van der Waals surface area (Å²) in [5, 5.41) is 8.21. The second-order valence-corrected chi connectivity index (χ2v) is 5.58. The predicted molar refractivity (Wildman–Crippen MR) is 74.8 cm³/mol. The molecule has 102 valence electrons. The summed E-state index contributed by atoms with van der Waals surface area (Å²) in [5.41, 5.74) is 1.13. The molecule has 18 heavy (non-hydrogen) atoms. The first-order chi connectivity index (χ1) is 8.70. The molecule has 1 aliphatic heterocycles. The smallest absolute Gasteiger partial charge is 0.0831 e. The highest BCUT2D eigenvalue weighted by Gasteiger charge is 2.20.